The minimum absolute atomic E-state index is 0.118. The number of ether oxygens (including phenoxy) is 3. The third-order valence-corrected chi connectivity index (χ3v) is 10.4. The molecule has 0 rings (SSSR count). The number of carbonyl (C=O) groups is 3. The van der Waals surface area contributed by atoms with Gasteiger partial charge in [0.05, 0.1) is 0 Å². The first kappa shape index (κ1) is 61.5. The second-order valence-electron chi connectivity index (χ2n) is 16.7. The van der Waals surface area contributed by atoms with Crippen molar-refractivity contribution in [2.75, 3.05) is 13.2 Å². The maximum absolute atomic E-state index is 12.8. The van der Waals surface area contributed by atoms with E-state index < -0.39 is 6.10 Å². The standard InChI is InChI=1S/C60H94O6/c1-4-7-10-13-16-19-22-24-26-28-30-32-34-36-38-41-44-47-50-53-59(62)65-56-57(55-64-58(61)52-49-46-43-40-21-18-15-12-9-6-3)66-60(63)54-51-48-45-42-39-37-35-33-31-29-27-25-23-20-17-14-11-8-5-2/h7-8,10-11,15-20,24-27,30-33,36,38,44,47,57H,4-6,9,12-14,21-23,28-29,34-35,37,39-43,45-46,48-56H2,1-3H3/b10-7-,11-8-,18-15-,19-16-,20-17-,26-24-,27-25-,32-30-,33-31-,38-36-,47-44-. The number of esters is 3. The van der Waals surface area contributed by atoms with Gasteiger partial charge in [0.2, 0.25) is 0 Å². The first-order chi connectivity index (χ1) is 32.5. The summed E-state index contributed by atoms with van der Waals surface area (Å²) >= 11 is 0. The average Bonchev–Trinajstić information content (AvgIpc) is 3.31. The highest BCUT2D eigenvalue weighted by Crippen LogP contribution is 2.12. The largest absolute Gasteiger partial charge is 0.462 e. The van der Waals surface area contributed by atoms with Gasteiger partial charge in [0, 0.05) is 19.3 Å². The van der Waals surface area contributed by atoms with Crippen molar-refractivity contribution in [3.05, 3.63) is 134 Å². The van der Waals surface area contributed by atoms with Gasteiger partial charge in [0.1, 0.15) is 13.2 Å². The van der Waals surface area contributed by atoms with Crippen molar-refractivity contribution >= 4 is 17.9 Å². The Morgan fingerprint density at radius 2 is 0.621 bits per heavy atom. The molecule has 0 saturated heterocycles. The first-order valence-electron chi connectivity index (χ1n) is 26.2. The van der Waals surface area contributed by atoms with E-state index in [1.54, 1.807) is 0 Å². The van der Waals surface area contributed by atoms with Crippen LogP contribution in [0.1, 0.15) is 207 Å². The Bertz CT molecular complexity index is 1460. The number of hydrogen-bond donors (Lipinski definition) is 0. The van der Waals surface area contributed by atoms with Gasteiger partial charge in [-0.25, -0.2) is 0 Å². The van der Waals surface area contributed by atoms with Gasteiger partial charge in [-0.2, -0.15) is 0 Å². The van der Waals surface area contributed by atoms with Crippen LogP contribution in [0.2, 0.25) is 0 Å². The molecule has 0 aliphatic rings. The third kappa shape index (κ3) is 50.5. The fraction of sp³-hybridized carbons (Fsp3) is 0.583. The predicted molar refractivity (Wildman–Crippen MR) is 283 cm³/mol. The number of hydrogen-bond acceptors (Lipinski definition) is 6. The summed E-state index contributed by atoms with van der Waals surface area (Å²) in [7, 11) is 0. The van der Waals surface area contributed by atoms with E-state index in [1.165, 1.54) is 25.7 Å². The SMILES string of the molecule is CC/C=C\C/C=C\C/C=C\C/C=C\C/C=C\C/C=C\CCC(=O)OCC(COC(=O)CCCCCC/C=C\CCCC)OC(=O)CCCCCCCC/C=C\C/C=C\C/C=C\C/C=C\CC. The van der Waals surface area contributed by atoms with Gasteiger partial charge >= 0.3 is 17.9 Å². The molecule has 1 atom stereocenters. The Labute approximate surface area is 405 Å². The number of allylic oxidation sites excluding steroid dienone is 22. The highest BCUT2D eigenvalue weighted by atomic mass is 16.6. The number of carbonyl (C=O) groups excluding carboxylic acids is 3. The van der Waals surface area contributed by atoms with Crippen molar-refractivity contribution in [1.82, 2.24) is 0 Å². The lowest BCUT2D eigenvalue weighted by Crippen LogP contribution is -2.30. The summed E-state index contributed by atoms with van der Waals surface area (Å²) in [5.74, 6) is -1.04. The topological polar surface area (TPSA) is 78.9 Å². The van der Waals surface area contributed by atoms with Crippen molar-refractivity contribution < 1.29 is 28.6 Å². The van der Waals surface area contributed by atoms with Crippen LogP contribution in [0.25, 0.3) is 0 Å². The zero-order valence-electron chi connectivity index (χ0n) is 42.1. The molecule has 0 heterocycles. The van der Waals surface area contributed by atoms with E-state index >= 15 is 0 Å². The third-order valence-electron chi connectivity index (χ3n) is 10.4. The molecule has 0 N–H and O–H groups in total. The summed E-state index contributed by atoms with van der Waals surface area (Å²) in [4.78, 5) is 37.9. The second kappa shape index (κ2) is 53.2. The Kier molecular flexibility index (Phi) is 49.6. The number of rotatable bonds is 45. The van der Waals surface area contributed by atoms with Crippen LogP contribution in [0.15, 0.2) is 134 Å². The molecule has 0 bridgehead atoms. The van der Waals surface area contributed by atoms with Gasteiger partial charge in [-0.05, 0) is 116 Å². The first-order valence-corrected chi connectivity index (χ1v) is 26.2. The van der Waals surface area contributed by atoms with Crippen molar-refractivity contribution in [3.8, 4) is 0 Å². The minimum Gasteiger partial charge on any atom is -0.462 e. The van der Waals surface area contributed by atoms with Crippen LogP contribution in [0.5, 0.6) is 0 Å². The molecule has 0 aliphatic carbocycles. The molecule has 0 aromatic rings. The summed E-state index contributed by atoms with van der Waals surface area (Å²) in [6.45, 7) is 6.26. The highest BCUT2D eigenvalue weighted by Gasteiger charge is 2.19. The molecule has 0 spiro atoms. The molecule has 1 unspecified atom stereocenters. The average molecular weight is 911 g/mol. The molecule has 0 saturated carbocycles. The summed E-state index contributed by atoms with van der Waals surface area (Å²) in [5, 5.41) is 0. The molecule has 0 radical (unpaired) electrons. The van der Waals surface area contributed by atoms with E-state index in [9.17, 15) is 14.4 Å². The zero-order valence-corrected chi connectivity index (χ0v) is 42.1. The lowest BCUT2D eigenvalue weighted by molar-refractivity contribution is -0.166. The molecule has 0 aromatic heterocycles. The normalized spacial score (nSPS) is 13.2. The molecule has 370 valence electrons. The fourth-order valence-electron chi connectivity index (χ4n) is 6.50. The Balaban J connectivity index is 4.52. The Hall–Kier alpha value is -4.45. The summed E-state index contributed by atoms with van der Waals surface area (Å²) in [6, 6.07) is 0. The van der Waals surface area contributed by atoms with Crippen molar-refractivity contribution in [2.24, 2.45) is 0 Å². The van der Waals surface area contributed by atoms with Crippen molar-refractivity contribution in [3.63, 3.8) is 0 Å². The van der Waals surface area contributed by atoms with Crippen LogP contribution in [-0.2, 0) is 28.6 Å². The smallest absolute Gasteiger partial charge is 0.306 e. The lowest BCUT2D eigenvalue weighted by Gasteiger charge is -2.18. The molecule has 6 heteroatoms. The van der Waals surface area contributed by atoms with Crippen molar-refractivity contribution in [2.45, 2.75) is 213 Å². The van der Waals surface area contributed by atoms with Crippen LogP contribution < -0.4 is 0 Å². The molecule has 0 fully saturated rings. The number of unbranched alkanes of at least 4 members (excludes halogenated alkanes) is 12. The molecule has 6 nitrogen and oxygen atoms in total. The zero-order chi connectivity index (χ0) is 47.9. The van der Waals surface area contributed by atoms with Gasteiger partial charge < -0.3 is 14.2 Å². The summed E-state index contributed by atoms with van der Waals surface area (Å²) in [5.41, 5.74) is 0. The molecular weight excluding hydrogens is 817 g/mol. The van der Waals surface area contributed by atoms with Crippen LogP contribution in [0.4, 0.5) is 0 Å². The Morgan fingerprint density at radius 1 is 0.318 bits per heavy atom. The second-order valence-corrected chi connectivity index (χ2v) is 16.7. The van der Waals surface area contributed by atoms with E-state index in [2.05, 4.69) is 142 Å². The molecule has 66 heavy (non-hydrogen) atoms. The molecule has 0 amide bonds. The predicted octanol–water partition coefficient (Wildman–Crippen LogP) is 17.5. The van der Waals surface area contributed by atoms with Crippen molar-refractivity contribution in [1.29, 1.82) is 0 Å². The van der Waals surface area contributed by atoms with E-state index in [0.717, 1.165) is 135 Å². The summed E-state index contributed by atoms with van der Waals surface area (Å²) < 4.78 is 16.7. The van der Waals surface area contributed by atoms with Gasteiger partial charge in [-0.1, -0.05) is 206 Å². The van der Waals surface area contributed by atoms with Gasteiger partial charge in [0.15, 0.2) is 6.10 Å². The van der Waals surface area contributed by atoms with Gasteiger partial charge in [-0.3, -0.25) is 14.4 Å². The van der Waals surface area contributed by atoms with E-state index in [0.29, 0.717) is 12.8 Å². The Morgan fingerprint density at radius 3 is 1.03 bits per heavy atom. The van der Waals surface area contributed by atoms with Gasteiger partial charge in [-0.15, -0.1) is 0 Å². The van der Waals surface area contributed by atoms with E-state index in [1.807, 2.05) is 12.2 Å². The monoisotopic (exact) mass is 911 g/mol. The molecular formula is C60H94O6. The minimum atomic E-state index is -0.825. The molecule has 0 aliphatic heterocycles. The maximum atomic E-state index is 12.8. The van der Waals surface area contributed by atoms with Gasteiger partial charge in [0.25, 0.3) is 0 Å². The quantitative estimate of drug-likeness (QED) is 0.0262. The van der Waals surface area contributed by atoms with E-state index in [-0.39, 0.29) is 44.0 Å². The fourth-order valence-corrected chi connectivity index (χ4v) is 6.50. The molecule has 0 aromatic carbocycles. The van der Waals surface area contributed by atoms with Crippen LogP contribution in [0, 0.1) is 0 Å². The van der Waals surface area contributed by atoms with Crippen LogP contribution in [0.3, 0.4) is 0 Å². The van der Waals surface area contributed by atoms with Crippen LogP contribution >= 0.6 is 0 Å². The maximum Gasteiger partial charge on any atom is 0.306 e. The summed E-state index contributed by atoms with van der Waals surface area (Å²) in [6.07, 6.45) is 74.5. The highest BCUT2D eigenvalue weighted by molar-refractivity contribution is 5.71. The van der Waals surface area contributed by atoms with E-state index in [4.69, 9.17) is 14.2 Å². The van der Waals surface area contributed by atoms with Crippen LogP contribution in [-0.4, -0.2) is 37.2 Å². The lowest BCUT2D eigenvalue weighted by atomic mass is 10.1.